The van der Waals surface area contributed by atoms with Gasteiger partial charge in [-0.05, 0) is 56.2 Å². The number of ether oxygens (including phenoxy) is 1. The van der Waals surface area contributed by atoms with Gasteiger partial charge >= 0.3 is 0 Å². The zero-order valence-corrected chi connectivity index (χ0v) is 13.4. The van der Waals surface area contributed by atoms with Crippen LogP contribution in [0.2, 0.25) is 0 Å². The van der Waals surface area contributed by atoms with Crippen molar-refractivity contribution in [3.63, 3.8) is 0 Å². The molecular weight excluding hydrogens is 279 g/mol. The first-order valence-corrected chi connectivity index (χ1v) is 7.29. The fourth-order valence-electron chi connectivity index (χ4n) is 1.91. The van der Waals surface area contributed by atoms with Crippen LogP contribution in [0.4, 0.5) is 10.1 Å². The van der Waals surface area contributed by atoms with Crippen molar-refractivity contribution in [2.75, 3.05) is 13.6 Å². The van der Waals surface area contributed by atoms with Gasteiger partial charge in [-0.3, -0.25) is 0 Å². The van der Waals surface area contributed by atoms with Gasteiger partial charge in [0.15, 0.2) is 11.6 Å². The van der Waals surface area contributed by atoms with Crippen molar-refractivity contribution < 1.29 is 9.13 Å². The summed E-state index contributed by atoms with van der Waals surface area (Å²) in [5, 5.41) is 0. The van der Waals surface area contributed by atoms with Crippen molar-refractivity contribution >= 4 is 12.0 Å². The van der Waals surface area contributed by atoms with Crippen LogP contribution in [0.25, 0.3) is 0 Å². The van der Waals surface area contributed by atoms with Gasteiger partial charge in [0.05, 0.1) is 12.0 Å². The van der Waals surface area contributed by atoms with E-state index in [2.05, 4.69) is 11.9 Å². The lowest BCUT2D eigenvalue weighted by atomic mass is 10.1. The highest BCUT2D eigenvalue weighted by Crippen LogP contribution is 2.32. The molecule has 0 saturated heterocycles. The Bertz CT molecular complexity index is 683. The molecule has 0 aliphatic carbocycles. The molecule has 0 amide bonds. The highest BCUT2D eigenvalue weighted by Gasteiger charge is 2.08. The summed E-state index contributed by atoms with van der Waals surface area (Å²) in [6.45, 7) is 6.86. The summed E-state index contributed by atoms with van der Waals surface area (Å²) in [7, 11) is 1.97. The maximum Gasteiger partial charge on any atom is 0.165 e. The van der Waals surface area contributed by atoms with E-state index in [9.17, 15) is 4.39 Å². The Balaban J connectivity index is 2.27. The van der Waals surface area contributed by atoms with Crippen molar-refractivity contribution in [1.82, 2.24) is 4.90 Å². The Morgan fingerprint density at radius 2 is 1.86 bits per heavy atom. The van der Waals surface area contributed by atoms with Crippen LogP contribution in [0, 0.1) is 19.7 Å². The standard InChI is InChI=1S/C18H21FN2O/c1-5-21(4)12-20-16-10-14(3)18(11-13(16)2)22-17-9-7-6-8-15(17)19/h6-12H,5H2,1-4H3/b20-12+. The number of halogens is 1. The second-order valence-electron chi connectivity index (χ2n) is 5.25. The normalized spacial score (nSPS) is 11.0. The van der Waals surface area contributed by atoms with Crippen LogP contribution in [-0.4, -0.2) is 24.8 Å². The molecule has 0 radical (unpaired) electrons. The summed E-state index contributed by atoms with van der Waals surface area (Å²) in [6.07, 6.45) is 1.80. The summed E-state index contributed by atoms with van der Waals surface area (Å²) in [5.41, 5.74) is 2.79. The lowest BCUT2D eigenvalue weighted by Gasteiger charge is -2.13. The highest BCUT2D eigenvalue weighted by molar-refractivity contribution is 5.64. The summed E-state index contributed by atoms with van der Waals surface area (Å²) >= 11 is 0. The molecule has 4 heteroatoms. The third-order valence-corrected chi connectivity index (χ3v) is 3.44. The van der Waals surface area contributed by atoms with E-state index in [4.69, 9.17) is 4.74 Å². The molecule has 0 spiro atoms. The number of benzene rings is 2. The van der Waals surface area contributed by atoms with E-state index in [1.165, 1.54) is 6.07 Å². The number of hydrogen-bond donors (Lipinski definition) is 0. The molecule has 0 heterocycles. The van der Waals surface area contributed by atoms with Crippen LogP contribution in [0.5, 0.6) is 11.5 Å². The van der Waals surface area contributed by atoms with E-state index < -0.39 is 0 Å². The quantitative estimate of drug-likeness (QED) is 0.582. The van der Waals surface area contributed by atoms with Crippen LogP contribution < -0.4 is 4.74 Å². The molecule has 0 atom stereocenters. The van der Waals surface area contributed by atoms with Crippen LogP contribution in [-0.2, 0) is 0 Å². The second-order valence-corrected chi connectivity index (χ2v) is 5.25. The first kappa shape index (κ1) is 16.0. The molecule has 0 aliphatic rings. The van der Waals surface area contributed by atoms with Gasteiger partial charge in [-0.2, -0.15) is 0 Å². The Labute approximate surface area is 131 Å². The molecule has 22 heavy (non-hydrogen) atoms. The SMILES string of the molecule is CCN(C)/C=N/c1cc(C)c(Oc2ccccc2F)cc1C. The topological polar surface area (TPSA) is 24.8 Å². The summed E-state index contributed by atoms with van der Waals surface area (Å²) in [4.78, 5) is 6.47. The number of para-hydroxylation sites is 1. The van der Waals surface area contributed by atoms with Crippen LogP contribution in [0.15, 0.2) is 41.4 Å². The predicted molar refractivity (Wildman–Crippen MR) is 88.8 cm³/mol. The van der Waals surface area contributed by atoms with Gasteiger partial charge < -0.3 is 9.64 Å². The average Bonchev–Trinajstić information content (AvgIpc) is 2.51. The molecule has 2 aromatic carbocycles. The van der Waals surface area contributed by atoms with Crippen molar-refractivity contribution in [1.29, 1.82) is 0 Å². The zero-order valence-electron chi connectivity index (χ0n) is 13.4. The maximum absolute atomic E-state index is 13.7. The van der Waals surface area contributed by atoms with Gasteiger partial charge in [0.1, 0.15) is 5.75 Å². The van der Waals surface area contributed by atoms with Crippen LogP contribution in [0.3, 0.4) is 0 Å². The lowest BCUT2D eigenvalue weighted by Crippen LogP contribution is -2.14. The molecule has 0 saturated carbocycles. The van der Waals surface area contributed by atoms with Gasteiger partial charge in [-0.1, -0.05) is 12.1 Å². The number of hydrogen-bond acceptors (Lipinski definition) is 2. The number of nitrogens with zero attached hydrogens (tertiary/aromatic N) is 2. The largest absolute Gasteiger partial charge is 0.454 e. The Kier molecular flexibility index (Phi) is 5.15. The number of aryl methyl sites for hydroxylation is 2. The maximum atomic E-state index is 13.7. The third kappa shape index (κ3) is 3.85. The van der Waals surface area contributed by atoms with Gasteiger partial charge in [0.2, 0.25) is 0 Å². The summed E-state index contributed by atoms with van der Waals surface area (Å²) in [5.74, 6) is 0.503. The molecule has 0 aliphatic heterocycles. The smallest absolute Gasteiger partial charge is 0.165 e. The zero-order chi connectivity index (χ0) is 16.1. The monoisotopic (exact) mass is 300 g/mol. The van der Waals surface area contributed by atoms with E-state index in [1.54, 1.807) is 24.5 Å². The Morgan fingerprint density at radius 3 is 2.55 bits per heavy atom. The molecule has 2 aromatic rings. The molecule has 0 fully saturated rings. The first-order valence-electron chi connectivity index (χ1n) is 7.29. The van der Waals surface area contributed by atoms with Crippen LogP contribution in [0.1, 0.15) is 18.1 Å². The van der Waals surface area contributed by atoms with E-state index in [0.29, 0.717) is 5.75 Å². The minimum atomic E-state index is -0.369. The molecule has 0 aromatic heterocycles. The second kappa shape index (κ2) is 7.07. The summed E-state index contributed by atoms with van der Waals surface area (Å²) < 4.78 is 19.4. The molecular formula is C18H21FN2O. The molecule has 0 unspecified atom stereocenters. The number of aliphatic imine (C=N–C) groups is 1. The van der Waals surface area contributed by atoms with Crippen molar-refractivity contribution in [2.45, 2.75) is 20.8 Å². The average molecular weight is 300 g/mol. The third-order valence-electron chi connectivity index (χ3n) is 3.44. The first-order chi connectivity index (χ1) is 10.5. The predicted octanol–water partition coefficient (Wildman–Crippen LogP) is 4.85. The van der Waals surface area contributed by atoms with E-state index in [1.807, 2.05) is 37.9 Å². The van der Waals surface area contributed by atoms with E-state index >= 15 is 0 Å². The van der Waals surface area contributed by atoms with E-state index in [-0.39, 0.29) is 11.6 Å². The Hall–Kier alpha value is -2.36. The van der Waals surface area contributed by atoms with Crippen molar-refractivity contribution in [2.24, 2.45) is 4.99 Å². The van der Waals surface area contributed by atoms with Gasteiger partial charge in [-0.15, -0.1) is 0 Å². The van der Waals surface area contributed by atoms with Crippen LogP contribution >= 0.6 is 0 Å². The van der Waals surface area contributed by atoms with Gasteiger partial charge in [-0.25, -0.2) is 9.38 Å². The fraction of sp³-hybridized carbons (Fsp3) is 0.278. The van der Waals surface area contributed by atoms with Gasteiger partial charge in [0.25, 0.3) is 0 Å². The minimum absolute atomic E-state index is 0.229. The van der Waals surface area contributed by atoms with E-state index in [0.717, 1.165) is 23.4 Å². The highest BCUT2D eigenvalue weighted by atomic mass is 19.1. The lowest BCUT2D eigenvalue weighted by molar-refractivity contribution is 0.439. The minimum Gasteiger partial charge on any atom is -0.454 e. The fourth-order valence-corrected chi connectivity index (χ4v) is 1.91. The molecule has 3 nitrogen and oxygen atoms in total. The van der Waals surface area contributed by atoms with Crippen molar-refractivity contribution in [3.05, 3.63) is 53.3 Å². The molecule has 2 rings (SSSR count). The van der Waals surface area contributed by atoms with Gasteiger partial charge in [0, 0.05) is 13.6 Å². The molecule has 0 N–H and O–H groups in total. The molecule has 116 valence electrons. The Morgan fingerprint density at radius 1 is 1.14 bits per heavy atom. The van der Waals surface area contributed by atoms with Crippen molar-refractivity contribution in [3.8, 4) is 11.5 Å². The number of rotatable bonds is 5. The molecule has 0 bridgehead atoms. The summed E-state index contributed by atoms with van der Waals surface area (Å²) in [6, 6.07) is 10.2.